The van der Waals surface area contributed by atoms with Crippen LogP contribution in [0, 0.1) is 10.1 Å². The second-order valence-electron chi connectivity index (χ2n) is 4.41. The van der Waals surface area contributed by atoms with Crippen molar-refractivity contribution in [1.29, 1.82) is 0 Å². The molecule has 0 saturated heterocycles. The average molecular weight is 291 g/mol. The van der Waals surface area contributed by atoms with Crippen LogP contribution in [0.5, 0.6) is 0 Å². The molecule has 2 aromatic rings. The van der Waals surface area contributed by atoms with Crippen LogP contribution < -0.4 is 4.90 Å². The zero-order valence-electron chi connectivity index (χ0n) is 11.1. The molecule has 2 aromatic carbocycles. The van der Waals surface area contributed by atoms with Crippen molar-refractivity contribution in [3.05, 3.63) is 69.2 Å². The molecular formula is C15H15ClN2O2. The van der Waals surface area contributed by atoms with E-state index in [0.717, 1.165) is 24.3 Å². The van der Waals surface area contributed by atoms with Crippen LogP contribution in [0.3, 0.4) is 0 Å². The normalized spacial score (nSPS) is 10.3. The SMILES string of the molecule is CCN(Cc1ccc(Cl)cc1)c1ccc([N+](=O)[O-])cc1. The number of nitrogens with zero attached hydrogens (tertiary/aromatic N) is 2. The lowest BCUT2D eigenvalue weighted by molar-refractivity contribution is -0.384. The number of nitro benzene ring substituents is 1. The van der Waals surface area contributed by atoms with Crippen LogP contribution in [0.25, 0.3) is 0 Å². The Morgan fingerprint density at radius 3 is 2.20 bits per heavy atom. The van der Waals surface area contributed by atoms with E-state index in [2.05, 4.69) is 11.8 Å². The number of anilines is 1. The van der Waals surface area contributed by atoms with E-state index in [1.54, 1.807) is 12.1 Å². The summed E-state index contributed by atoms with van der Waals surface area (Å²) in [6.07, 6.45) is 0. The predicted octanol–water partition coefficient (Wildman–Crippen LogP) is 4.27. The largest absolute Gasteiger partial charge is 0.367 e. The summed E-state index contributed by atoms with van der Waals surface area (Å²) in [4.78, 5) is 12.4. The van der Waals surface area contributed by atoms with Gasteiger partial charge in [0.1, 0.15) is 0 Å². The van der Waals surface area contributed by atoms with Crippen molar-refractivity contribution in [2.24, 2.45) is 0 Å². The fraction of sp³-hybridized carbons (Fsp3) is 0.200. The van der Waals surface area contributed by atoms with Crippen LogP contribution in [-0.4, -0.2) is 11.5 Å². The van der Waals surface area contributed by atoms with Crippen molar-refractivity contribution in [2.45, 2.75) is 13.5 Å². The molecule has 20 heavy (non-hydrogen) atoms. The smallest absolute Gasteiger partial charge is 0.269 e. The van der Waals surface area contributed by atoms with Crippen molar-refractivity contribution in [3.63, 3.8) is 0 Å². The summed E-state index contributed by atoms with van der Waals surface area (Å²) in [7, 11) is 0. The summed E-state index contributed by atoms with van der Waals surface area (Å²) in [5.74, 6) is 0. The lowest BCUT2D eigenvalue weighted by Crippen LogP contribution is -2.21. The third kappa shape index (κ3) is 3.48. The molecule has 0 bridgehead atoms. The first-order chi connectivity index (χ1) is 9.60. The van der Waals surface area contributed by atoms with Gasteiger partial charge in [-0.05, 0) is 36.8 Å². The van der Waals surface area contributed by atoms with E-state index in [9.17, 15) is 10.1 Å². The Hall–Kier alpha value is -2.07. The van der Waals surface area contributed by atoms with E-state index in [0.29, 0.717) is 5.02 Å². The number of nitro groups is 1. The van der Waals surface area contributed by atoms with Crippen molar-refractivity contribution < 1.29 is 4.92 Å². The minimum Gasteiger partial charge on any atom is -0.367 e. The molecule has 0 heterocycles. The molecule has 0 aliphatic heterocycles. The van der Waals surface area contributed by atoms with Gasteiger partial charge in [-0.15, -0.1) is 0 Å². The summed E-state index contributed by atoms with van der Waals surface area (Å²) >= 11 is 5.87. The van der Waals surface area contributed by atoms with Gasteiger partial charge in [0.2, 0.25) is 0 Å². The fourth-order valence-electron chi connectivity index (χ4n) is 1.98. The summed E-state index contributed by atoms with van der Waals surface area (Å²) in [5, 5.41) is 11.4. The standard InChI is InChI=1S/C15H15ClN2O2/c1-2-17(11-12-3-5-13(16)6-4-12)14-7-9-15(10-8-14)18(19)20/h3-10H,2,11H2,1H3. The van der Waals surface area contributed by atoms with E-state index < -0.39 is 0 Å². The van der Waals surface area contributed by atoms with Crippen molar-refractivity contribution >= 4 is 23.0 Å². The molecule has 0 aliphatic rings. The first-order valence-electron chi connectivity index (χ1n) is 6.34. The summed E-state index contributed by atoms with van der Waals surface area (Å²) < 4.78 is 0. The van der Waals surface area contributed by atoms with Gasteiger partial charge in [-0.3, -0.25) is 10.1 Å². The number of halogens is 1. The Labute approximate surface area is 122 Å². The number of non-ortho nitro benzene ring substituents is 1. The van der Waals surface area contributed by atoms with Gasteiger partial charge in [-0.2, -0.15) is 0 Å². The highest BCUT2D eigenvalue weighted by molar-refractivity contribution is 6.30. The summed E-state index contributed by atoms with van der Waals surface area (Å²) in [6.45, 7) is 3.61. The second kappa shape index (κ2) is 6.39. The highest BCUT2D eigenvalue weighted by Crippen LogP contribution is 2.21. The maximum absolute atomic E-state index is 10.7. The van der Waals surface area contributed by atoms with Gasteiger partial charge < -0.3 is 4.90 Å². The zero-order valence-corrected chi connectivity index (χ0v) is 11.9. The van der Waals surface area contributed by atoms with E-state index in [-0.39, 0.29) is 10.6 Å². The first kappa shape index (κ1) is 14.3. The Morgan fingerprint density at radius 2 is 1.70 bits per heavy atom. The molecule has 0 aliphatic carbocycles. The van der Waals surface area contributed by atoms with Gasteiger partial charge in [0.05, 0.1) is 4.92 Å². The molecule has 0 amide bonds. The van der Waals surface area contributed by atoms with Crippen LogP contribution in [-0.2, 0) is 6.54 Å². The molecule has 4 nitrogen and oxygen atoms in total. The molecule has 0 unspecified atom stereocenters. The van der Waals surface area contributed by atoms with Gasteiger partial charge in [0.15, 0.2) is 0 Å². The third-order valence-electron chi connectivity index (χ3n) is 3.09. The van der Waals surface area contributed by atoms with Gasteiger partial charge in [0, 0.05) is 35.9 Å². The van der Waals surface area contributed by atoms with Crippen LogP contribution in [0.1, 0.15) is 12.5 Å². The highest BCUT2D eigenvalue weighted by Gasteiger charge is 2.09. The molecule has 0 radical (unpaired) electrons. The van der Waals surface area contributed by atoms with E-state index >= 15 is 0 Å². The molecule has 5 heteroatoms. The third-order valence-corrected chi connectivity index (χ3v) is 3.35. The molecule has 2 rings (SSSR count). The molecule has 104 valence electrons. The first-order valence-corrected chi connectivity index (χ1v) is 6.72. The minimum absolute atomic E-state index is 0.108. The Bertz CT molecular complexity index is 582. The molecule has 0 spiro atoms. The molecule has 0 atom stereocenters. The zero-order chi connectivity index (χ0) is 14.5. The maximum atomic E-state index is 10.7. The summed E-state index contributed by atoms with van der Waals surface area (Å²) in [5.41, 5.74) is 2.22. The second-order valence-corrected chi connectivity index (χ2v) is 4.85. The summed E-state index contributed by atoms with van der Waals surface area (Å²) in [6, 6.07) is 14.3. The predicted molar refractivity (Wildman–Crippen MR) is 81.3 cm³/mol. The van der Waals surface area contributed by atoms with Crippen molar-refractivity contribution in [2.75, 3.05) is 11.4 Å². The van der Waals surface area contributed by atoms with Gasteiger partial charge in [-0.1, -0.05) is 23.7 Å². The Kier molecular flexibility index (Phi) is 4.58. The molecular weight excluding hydrogens is 276 g/mol. The van der Waals surface area contributed by atoms with Gasteiger partial charge in [0.25, 0.3) is 5.69 Å². The lowest BCUT2D eigenvalue weighted by Gasteiger charge is -2.23. The molecule has 0 aromatic heterocycles. The number of benzene rings is 2. The van der Waals surface area contributed by atoms with Crippen LogP contribution >= 0.6 is 11.6 Å². The molecule has 0 saturated carbocycles. The van der Waals surface area contributed by atoms with Crippen LogP contribution in [0.2, 0.25) is 5.02 Å². The van der Waals surface area contributed by atoms with E-state index in [4.69, 9.17) is 11.6 Å². The van der Waals surface area contributed by atoms with E-state index in [1.807, 2.05) is 24.3 Å². The van der Waals surface area contributed by atoms with Crippen LogP contribution in [0.4, 0.5) is 11.4 Å². The minimum atomic E-state index is -0.390. The Morgan fingerprint density at radius 1 is 1.10 bits per heavy atom. The number of hydrogen-bond acceptors (Lipinski definition) is 3. The maximum Gasteiger partial charge on any atom is 0.269 e. The monoisotopic (exact) mass is 290 g/mol. The highest BCUT2D eigenvalue weighted by atomic mass is 35.5. The average Bonchev–Trinajstić information content (AvgIpc) is 2.47. The van der Waals surface area contributed by atoms with E-state index in [1.165, 1.54) is 12.1 Å². The van der Waals surface area contributed by atoms with Crippen LogP contribution in [0.15, 0.2) is 48.5 Å². The quantitative estimate of drug-likeness (QED) is 0.610. The van der Waals surface area contributed by atoms with Gasteiger partial charge >= 0.3 is 0 Å². The lowest BCUT2D eigenvalue weighted by atomic mass is 10.2. The number of rotatable bonds is 5. The van der Waals surface area contributed by atoms with Crippen molar-refractivity contribution in [3.8, 4) is 0 Å². The molecule has 0 fully saturated rings. The fourth-order valence-corrected chi connectivity index (χ4v) is 2.11. The Balaban J connectivity index is 2.15. The van der Waals surface area contributed by atoms with Gasteiger partial charge in [-0.25, -0.2) is 0 Å². The topological polar surface area (TPSA) is 46.4 Å². The molecule has 0 N–H and O–H groups in total. The van der Waals surface area contributed by atoms with Crippen molar-refractivity contribution in [1.82, 2.24) is 0 Å². The number of hydrogen-bond donors (Lipinski definition) is 0.